The van der Waals surface area contributed by atoms with Gasteiger partial charge in [0.2, 0.25) is 15.9 Å². The number of piperazine rings is 1. The zero-order chi connectivity index (χ0) is 17.9. The number of amides is 1. The van der Waals surface area contributed by atoms with Crippen LogP contribution in [-0.4, -0.2) is 74.2 Å². The van der Waals surface area contributed by atoms with E-state index in [0.717, 1.165) is 25.9 Å². The summed E-state index contributed by atoms with van der Waals surface area (Å²) in [5, 5.41) is 0.507. The summed E-state index contributed by atoms with van der Waals surface area (Å²) in [6, 6.07) is 6.19. The van der Waals surface area contributed by atoms with Crippen LogP contribution < -0.4 is 0 Å². The molecule has 2 aliphatic heterocycles. The monoisotopic (exact) mass is 385 g/mol. The van der Waals surface area contributed by atoms with Crippen molar-refractivity contribution < 1.29 is 13.2 Å². The molecule has 1 aromatic carbocycles. The molecule has 0 unspecified atom stereocenters. The fourth-order valence-corrected chi connectivity index (χ4v) is 4.89. The second-order valence-electron chi connectivity index (χ2n) is 6.58. The summed E-state index contributed by atoms with van der Waals surface area (Å²) in [7, 11) is -3.53. The van der Waals surface area contributed by atoms with Crippen LogP contribution in [-0.2, 0) is 14.8 Å². The molecule has 0 bridgehead atoms. The molecule has 138 valence electrons. The van der Waals surface area contributed by atoms with Crippen LogP contribution in [0.25, 0.3) is 0 Å². The molecule has 0 aliphatic carbocycles. The standard InChI is InChI=1S/C17H24ClN3O3S/c18-15-4-6-16(7-5-15)25(23,24)21-12-10-20(11-13-21)17(22)14-19-8-2-1-3-9-19/h4-7H,1-3,8-14H2. The minimum atomic E-state index is -3.53. The van der Waals surface area contributed by atoms with Gasteiger partial charge in [0.25, 0.3) is 0 Å². The van der Waals surface area contributed by atoms with E-state index in [1.165, 1.54) is 22.9 Å². The van der Waals surface area contributed by atoms with Crippen LogP contribution in [0.3, 0.4) is 0 Å². The van der Waals surface area contributed by atoms with Gasteiger partial charge in [-0.3, -0.25) is 9.69 Å². The molecule has 2 heterocycles. The van der Waals surface area contributed by atoms with Gasteiger partial charge < -0.3 is 4.90 Å². The van der Waals surface area contributed by atoms with Crippen molar-refractivity contribution in [1.82, 2.24) is 14.1 Å². The van der Waals surface area contributed by atoms with Crippen molar-refractivity contribution in [1.29, 1.82) is 0 Å². The van der Waals surface area contributed by atoms with Gasteiger partial charge in [-0.05, 0) is 50.2 Å². The van der Waals surface area contributed by atoms with Crippen LogP contribution >= 0.6 is 11.6 Å². The summed E-state index contributed by atoms with van der Waals surface area (Å²) in [4.78, 5) is 16.6. The van der Waals surface area contributed by atoms with Crippen LogP contribution in [0.1, 0.15) is 19.3 Å². The highest BCUT2D eigenvalue weighted by atomic mass is 35.5. The van der Waals surface area contributed by atoms with Crippen molar-refractivity contribution in [3.63, 3.8) is 0 Å². The molecule has 2 fully saturated rings. The van der Waals surface area contributed by atoms with Crippen molar-refractivity contribution in [3.05, 3.63) is 29.3 Å². The predicted octanol–water partition coefficient (Wildman–Crippen LogP) is 1.66. The second kappa shape index (κ2) is 8.03. The number of carbonyl (C=O) groups is 1. The Bertz CT molecular complexity index is 694. The zero-order valence-corrected chi connectivity index (χ0v) is 15.8. The molecule has 3 rings (SSSR count). The summed E-state index contributed by atoms with van der Waals surface area (Å²) in [5.41, 5.74) is 0. The van der Waals surface area contributed by atoms with Gasteiger partial charge in [-0.1, -0.05) is 18.0 Å². The van der Waals surface area contributed by atoms with Crippen molar-refractivity contribution >= 4 is 27.5 Å². The van der Waals surface area contributed by atoms with E-state index in [-0.39, 0.29) is 10.8 Å². The predicted molar refractivity (Wildman–Crippen MR) is 97.1 cm³/mol. The molecule has 2 aliphatic rings. The number of hydrogen-bond acceptors (Lipinski definition) is 4. The highest BCUT2D eigenvalue weighted by Crippen LogP contribution is 2.20. The maximum atomic E-state index is 12.7. The van der Waals surface area contributed by atoms with Crippen LogP contribution in [0.2, 0.25) is 5.02 Å². The fourth-order valence-electron chi connectivity index (χ4n) is 3.34. The molecule has 0 N–H and O–H groups in total. The maximum absolute atomic E-state index is 12.7. The summed E-state index contributed by atoms with van der Waals surface area (Å²) in [5.74, 6) is 0.102. The summed E-state index contributed by atoms with van der Waals surface area (Å²) >= 11 is 5.82. The van der Waals surface area contributed by atoms with Crippen molar-refractivity contribution in [2.24, 2.45) is 0 Å². The fraction of sp³-hybridized carbons (Fsp3) is 0.588. The SMILES string of the molecule is O=C(CN1CCCCC1)N1CCN(S(=O)(=O)c2ccc(Cl)cc2)CC1. The molecule has 8 heteroatoms. The minimum absolute atomic E-state index is 0.102. The van der Waals surface area contributed by atoms with E-state index in [1.807, 2.05) is 0 Å². The maximum Gasteiger partial charge on any atom is 0.243 e. The summed E-state index contributed by atoms with van der Waals surface area (Å²) in [6.07, 6.45) is 3.55. The number of benzene rings is 1. The molecule has 0 atom stereocenters. The first-order chi connectivity index (χ1) is 12.0. The Morgan fingerprint density at radius 2 is 1.52 bits per heavy atom. The molecule has 0 spiro atoms. The number of hydrogen-bond donors (Lipinski definition) is 0. The molecular formula is C17H24ClN3O3S. The third kappa shape index (κ3) is 4.53. The summed E-state index contributed by atoms with van der Waals surface area (Å²) < 4.78 is 26.8. The van der Waals surface area contributed by atoms with Gasteiger partial charge in [-0.25, -0.2) is 8.42 Å². The average molecular weight is 386 g/mol. The van der Waals surface area contributed by atoms with Gasteiger partial charge in [0.1, 0.15) is 0 Å². The van der Waals surface area contributed by atoms with Gasteiger partial charge >= 0.3 is 0 Å². The van der Waals surface area contributed by atoms with Gasteiger partial charge in [-0.15, -0.1) is 0 Å². The normalized spacial score (nSPS) is 20.6. The zero-order valence-electron chi connectivity index (χ0n) is 14.2. The number of piperidine rings is 1. The lowest BCUT2D eigenvalue weighted by atomic mass is 10.1. The molecule has 2 saturated heterocycles. The molecule has 1 aromatic rings. The highest BCUT2D eigenvalue weighted by molar-refractivity contribution is 7.89. The summed E-state index contributed by atoms with van der Waals surface area (Å²) in [6.45, 7) is 3.96. The van der Waals surface area contributed by atoms with Crippen molar-refractivity contribution in [2.45, 2.75) is 24.2 Å². The molecule has 0 aromatic heterocycles. The van der Waals surface area contributed by atoms with Gasteiger partial charge in [0.15, 0.2) is 0 Å². The Morgan fingerprint density at radius 1 is 0.920 bits per heavy atom. The van der Waals surface area contributed by atoms with Crippen molar-refractivity contribution in [3.8, 4) is 0 Å². The molecule has 25 heavy (non-hydrogen) atoms. The number of carbonyl (C=O) groups excluding carboxylic acids is 1. The third-order valence-corrected chi connectivity index (χ3v) is 7.02. The van der Waals surface area contributed by atoms with Crippen LogP contribution in [0, 0.1) is 0 Å². The van der Waals surface area contributed by atoms with E-state index >= 15 is 0 Å². The topological polar surface area (TPSA) is 60.9 Å². The Morgan fingerprint density at radius 3 is 2.12 bits per heavy atom. The lowest BCUT2D eigenvalue weighted by Crippen LogP contribution is -2.52. The van der Waals surface area contributed by atoms with Crippen LogP contribution in [0.15, 0.2) is 29.2 Å². The highest BCUT2D eigenvalue weighted by Gasteiger charge is 2.30. The molecule has 0 radical (unpaired) electrons. The molecular weight excluding hydrogens is 362 g/mol. The second-order valence-corrected chi connectivity index (χ2v) is 8.95. The Balaban J connectivity index is 1.55. The molecule has 6 nitrogen and oxygen atoms in total. The van der Waals surface area contributed by atoms with E-state index in [9.17, 15) is 13.2 Å². The Labute approximate surface area is 154 Å². The quantitative estimate of drug-likeness (QED) is 0.790. The number of nitrogens with zero attached hydrogens (tertiary/aromatic N) is 3. The van der Waals surface area contributed by atoms with Crippen LogP contribution in [0.4, 0.5) is 0 Å². The Kier molecular flexibility index (Phi) is 5.99. The van der Waals surface area contributed by atoms with Gasteiger partial charge in [0, 0.05) is 31.2 Å². The smallest absolute Gasteiger partial charge is 0.243 e. The van der Waals surface area contributed by atoms with E-state index in [2.05, 4.69) is 4.90 Å². The number of halogens is 1. The van der Waals surface area contributed by atoms with E-state index in [0.29, 0.717) is 37.7 Å². The molecule has 0 saturated carbocycles. The first kappa shape index (κ1) is 18.6. The third-order valence-electron chi connectivity index (χ3n) is 4.85. The number of sulfonamides is 1. The first-order valence-corrected chi connectivity index (χ1v) is 10.5. The van der Waals surface area contributed by atoms with Gasteiger partial charge in [-0.2, -0.15) is 4.31 Å². The minimum Gasteiger partial charge on any atom is -0.339 e. The lowest BCUT2D eigenvalue weighted by Gasteiger charge is -2.35. The van der Waals surface area contributed by atoms with Gasteiger partial charge in [0.05, 0.1) is 11.4 Å². The lowest BCUT2D eigenvalue weighted by molar-refractivity contribution is -0.133. The van der Waals surface area contributed by atoms with E-state index in [1.54, 1.807) is 17.0 Å². The first-order valence-electron chi connectivity index (χ1n) is 8.73. The van der Waals surface area contributed by atoms with E-state index in [4.69, 9.17) is 11.6 Å². The Hall–Kier alpha value is -1.15. The van der Waals surface area contributed by atoms with E-state index < -0.39 is 10.0 Å². The number of likely N-dealkylation sites (tertiary alicyclic amines) is 1. The number of rotatable bonds is 4. The average Bonchev–Trinajstić information content (AvgIpc) is 2.63. The van der Waals surface area contributed by atoms with Crippen LogP contribution in [0.5, 0.6) is 0 Å². The largest absolute Gasteiger partial charge is 0.339 e. The van der Waals surface area contributed by atoms with Crippen molar-refractivity contribution in [2.75, 3.05) is 45.8 Å². The molecule has 1 amide bonds.